The molecule has 126 valence electrons. The smallest absolute Gasteiger partial charge is 0.227 e. The molecule has 1 aromatic heterocycles. The van der Waals surface area contributed by atoms with Gasteiger partial charge in [-0.3, -0.25) is 4.79 Å². The number of amides is 1. The Morgan fingerprint density at radius 1 is 1.22 bits per heavy atom. The molecule has 0 unspecified atom stereocenters. The molecule has 1 amide bonds. The summed E-state index contributed by atoms with van der Waals surface area (Å²) in [4.78, 5) is 19.3. The zero-order valence-corrected chi connectivity index (χ0v) is 13.9. The highest BCUT2D eigenvalue weighted by molar-refractivity contribution is 5.92. The van der Waals surface area contributed by atoms with E-state index < -0.39 is 0 Å². The standard InChI is InChI=1S/C18H27N3O2/c1-13-11-15(12-19-17(13)21-9-3-2-4-10-21)20-18(23)14-5-7-16(22)8-6-14/h11-12,14,16,22H,2-10H2,1H3,(H,20,23). The first-order chi connectivity index (χ1) is 11.1. The van der Waals surface area contributed by atoms with Gasteiger partial charge in [0.25, 0.3) is 0 Å². The molecular weight excluding hydrogens is 290 g/mol. The fourth-order valence-electron chi connectivity index (χ4n) is 3.66. The second kappa shape index (κ2) is 7.30. The molecule has 3 rings (SSSR count). The van der Waals surface area contributed by atoms with Crippen LogP contribution in [0.25, 0.3) is 0 Å². The minimum absolute atomic E-state index is 0.0143. The predicted octanol–water partition coefficient (Wildman–Crippen LogP) is 2.87. The third-order valence-electron chi connectivity index (χ3n) is 5.04. The van der Waals surface area contributed by atoms with E-state index in [9.17, 15) is 9.90 Å². The maximum Gasteiger partial charge on any atom is 0.227 e. The Hall–Kier alpha value is -1.62. The third kappa shape index (κ3) is 4.02. The van der Waals surface area contributed by atoms with E-state index in [2.05, 4.69) is 22.1 Å². The average Bonchev–Trinajstić information content (AvgIpc) is 2.56. The number of carbonyl (C=O) groups is 1. The Balaban J connectivity index is 1.62. The summed E-state index contributed by atoms with van der Waals surface area (Å²) in [5.41, 5.74) is 1.89. The van der Waals surface area contributed by atoms with E-state index in [1.165, 1.54) is 19.3 Å². The van der Waals surface area contributed by atoms with Gasteiger partial charge in [-0.15, -0.1) is 0 Å². The number of nitrogens with zero attached hydrogens (tertiary/aromatic N) is 2. The minimum atomic E-state index is -0.230. The van der Waals surface area contributed by atoms with E-state index in [0.717, 1.165) is 55.8 Å². The van der Waals surface area contributed by atoms with Gasteiger partial charge in [-0.2, -0.15) is 0 Å². The minimum Gasteiger partial charge on any atom is -0.393 e. The van der Waals surface area contributed by atoms with Crippen LogP contribution in [0.2, 0.25) is 0 Å². The number of aliphatic hydroxyl groups is 1. The van der Waals surface area contributed by atoms with Crippen LogP contribution in [-0.2, 0) is 4.79 Å². The van der Waals surface area contributed by atoms with Crippen molar-refractivity contribution >= 4 is 17.4 Å². The average molecular weight is 317 g/mol. The number of pyridine rings is 1. The summed E-state index contributed by atoms with van der Waals surface area (Å²) < 4.78 is 0. The summed E-state index contributed by atoms with van der Waals surface area (Å²) in [5, 5.41) is 12.5. The Labute approximate surface area is 138 Å². The third-order valence-corrected chi connectivity index (χ3v) is 5.04. The van der Waals surface area contributed by atoms with Gasteiger partial charge in [0.2, 0.25) is 5.91 Å². The normalized spacial score (nSPS) is 25.2. The van der Waals surface area contributed by atoms with E-state index in [0.29, 0.717) is 0 Å². The van der Waals surface area contributed by atoms with Gasteiger partial charge in [0, 0.05) is 19.0 Å². The summed E-state index contributed by atoms with van der Waals surface area (Å²) >= 11 is 0. The van der Waals surface area contributed by atoms with Crippen LogP contribution >= 0.6 is 0 Å². The first-order valence-electron chi connectivity index (χ1n) is 8.84. The van der Waals surface area contributed by atoms with Crippen LogP contribution < -0.4 is 10.2 Å². The van der Waals surface area contributed by atoms with E-state index in [1.54, 1.807) is 6.20 Å². The monoisotopic (exact) mass is 317 g/mol. The van der Waals surface area contributed by atoms with Crippen molar-refractivity contribution < 1.29 is 9.90 Å². The Morgan fingerprint density at radius 3 is 2.57 bits per heavy atom. The molecule has 0 spiro atoms. The highest BCUT2D eigenvalue weighted by atomic mass is 16.3. The van der Waals surface area contributed by atoms with Crippen LogP contribution in [0.4, 0.5) is 11.5 Å². The Kier molecular flexibility index (Phi) is 5.16. The van der Waals surface area contributed by atoms with Crippen LogP contribution in [0.1, 0.15) is 50.5 Å². The summed E-state index contributed by atoms with van der Waals surface area (Å²) in [7, 11) is 0. The molecule has 1 aromatic rings. The zero-order chi connectivity index (χ0) is 16.2. The van der Waals surface area contributed by atoms with E-state index in [-0.39, 0.29) is 17.9 Å². The van der Waals surface area contributed by atoms with E-state index >= 15 is 0 Å². The molecule has 1 saturated heterocycles. The fourth-order valence-corrected chi connectivity index (χ4v) is 3.66. The van der Waals surface area contributed by atoms with Crippen molar-refractivity contribution in [1.29, 1.82) is 0 Å². The SMILES string of the molecule is Cc1cc(NC(=O)C2CCC(O)CC2)cnc1N1CCCCC1. The number of nitrogens with one attached hydrogen (secondary N) is 1. The van der Waals surface area contributed by atoms with Crippen LogP contribution in [0, 0.1) is 12.8 Å². The maximum absolute atomic E-state index is 12.3. The summed E-state index contributed by atoms with van der Waals surface area (Å²) in [6.45, 7) is 4.21. The van der Waals surface area contributed by atoms with Gasteiger partial charge in [0.15, 0.2) is 0 Å². The van der Waals surface area contributed by atoms with Crippen molar-refractivity contribution in [2.75, 3.05) is 23.3 Å². The van der Waals surface area contributed by atoms with E-state index in [4.69, 9.17) is 0 Å². The lowest BCUT2D eigenvalue weighted by atomic mass is 9.87. The number of rotatable bonds is 3. The first-order valence-corrected chi connectivity index (χ1v) is 8.84. The number of hydrogen-bond acceptors (Lipinski definition) is 4. The lowest BCUT2D eigenvalue weighted by Gasteiger charge is -2.29. The molecule has 0 bridgehead atoms. The predicted molar refractivity (Wildman–Crippen MR) is 91.6 cm³/mol. The molecule has 2 fully saturated rings. The molecular formula is C18H27N3O2. The maximum atomic E-state index is 12.3. The number of carbonyl (C=O) groups excluding carboxylic acids is 1. The number of anilines is 2. The topological polar surface area (TPSA) is 65.5 Å². The molecule has 1 aliphatic carbocycles. The molecule has 0 atom stereocenters. The lowest BCUT2D eigenvalue weighted by molar-refractivity contribution is -0.121. The van der Waals surface area contributed by atoms with Crippen molar-refractivity contribution in [2.45, 2.75) is 58.0 Å². The Bertz CT molecular complexity index is 547. The molecule has 2 heterocycles. The van der Waals surface area contributed by atoms with Crippen LogP contribution in [-0.4, -0.2) is 35.2 Å². The molecule has 2 aliphatic rings. The highest BCUT2D eigenvalue weighted by Gasteiger charge is 2.25. The molecule has 1 aliphatic heterocycles. The number of aromatic nitrogens is 1. The lowest BCUT2D eigenvalue weighted by Crippen LogP contribution is -2.31. The van der Waals surface area contributed by atoms with Gasteiger partial charge in [-0.05, 0) is 63.5 Å². The van der Waals surface area contributed by atoms with Gasteiger partial charge in [0.05, 0.1) is 18.0 Å². The zero-order valence-electron chi connectivity index (χ0n) is 13.9. The molecule has 2 N–H and O–H groups in total. The summed E-state index contributed by atoms with van der Waals surface area (Å²) in [5.74, 6) is 1.12. The molecule has 0 aromatic carbocycles. The molecule has 1 saturated carbocycles. The van der Waals surface area contributed by atoms with E-state index in [1.807, 2.05) is 6.07 Å². The summed E-state index contributed by atoms with van der Waals surface area (Å²) in [6, 6.07) is 2.02. The molecule has 5 nitrogen and oxygen atoms in total. The van der Waals surface area contributed by atoms with Crippen molar-refractivity contribution in [3.05, 3.63) is 17.8 Å². The fraction of sp³-hybridized carbons (Fsp3) is 0.667. The second-order valence-corrected chi connectivity index (χ2v) is 6.91. The van der Waals surface area contributed by atoms with Gasteiger partial charge in [-0.25, -0.2) is 4.98 Å². The van der Waals surface area contributed by atoms with Crippen molar-refractivity contribution in [1.82, 2.24) is 4.98 Å². The second-order valence-electron chi connectivity index (χ2n) is 6.91. The molecule has 5 heteroatoms. The van der Waals surface area contributed by atoms with Gasteiger partial charge >= 0.3 is 0 Å². The highest BCUT2D eigenvalue weighted by Crippen LogP contribution is 2.27. The number of piperidine rings is 1. The molecule has 0 radical (unpaired) electrons. The molecule has 23 heavy (non-hydrogen) atoms. The van der Waals surface area contributed by atoms with Crippen molar-refractivity contribution in [3.8, 4) is 0 Å². The van der Waals surface area contributed by atoms with Crippen LogP contribution in [0.15, 0.2) is 12.3 Å². The quantitative estimate of drug-likeness (QED) is 0.899. The van der Waals surface area contributed by atoms with Gasteiger partial charge < -0.3 is 15.3 Å². The van der Waals surface area contributed by atoms with Crippen LogP contribution in [0.3, 0.4) is 0 Å². The van der Waals surface area contributed by atoms with Crippen molar-refractivity contribution in [2.24, 2.45) is 5.92 Å². The van der Waals surface area contributed by atoms with Gasteiger partial charge in [-0.1, -0.05) is 0 Å². The number of aryl methyl sites for hydroxylation is 1. The Morgan fingerprint density at radius 2 is 1.91 bits per heavy atom. The van der Waals surface area contributed by atoms with Gasteiger partial charge in [0.1, 0.15) is 5.82 Å². The first kappa shape index (κ1) is 16.2. The van der Waals surface area contributed by atoms with Crippen molar-refractivity contribution in [3.63, 3.8) is 0 Å². The number of aliphatic hydroxyl groups excluding tert-OH is 1. The van der Waals surface area contributed by atoms with Crippen LogP contribution in [0.5, 0.6) is 0 Å². The summed E-state index contributed by atoms with van der Waals surface area (Å²) in [6.07, 6.45) is 8.29. The number of hydrogen-bond donors (Lipinski definition) is 2. The largest absolute Gasteiger partial charge is 0.393 e.